The molecule has 0 radical (unpaired) electrons. The van der Waals surface area contributed by atoms with E-state index in [1.54, 1.807) is 0 Å². The minimum Gasteiger partial charge on any atom is -0.369 e. The summed E-state index contributed by atoms with van der Waals surface area (Å²) < 4.78 is 2.15. The molecule has 0 spiro atoms. The largest absolute Gasteiger partial charge is 0.369 e. The van der Waals surface area contributed by atoms with E-state index in [1.165, 1.54) is 11.1 Å². The molecular formula is C26H29N5O. The Morgan fingerprint density at radius 1 is 1.12 bits per heavy atom. The Balaban J connectivity index is 1.40. The first-order valence-corrected chi connectivity index (χ1v) is 11.0. The average molecular weight is 428 g/mol. The maximum Gasteiger partial charge on any atom is 0.224 e. The van der Waals surface area contributed by atoms with Gasteiger partial charge >= 0.3 is 0 Å². The van der Waals surface area contributed by atoms with Crippen LogP contribution in [0.15, 0.2) is 61.1 Å². The zero-order chi connectivity index (χ0) is 22.6. The third-order valence-corrected chi connectivity index (χ3v) is 6.73. The Kier molecular flexibility index (Phi) is 6.38. The van der Waals surface area contributed by atoms with E-state index in [2.05, 4.69) is 38.4 Å². The van der Waals surface area contributed by atoms with Gasteiger partial charge < -0.3 is 10.3 Å². The number of amides is 1. The maximum atomic E-state index is 12.5. The van der Waals surface area contributed by atoms with E-state index in [0.29, 0.717) is 12.1 Å². The zero-order valence-electron chi connectivity index (χ0n) is 18.5. The number of nitrogens with zero attached hydrogens (tertiary/aromatic N) is 4. The van der Waals surface area contributed by atoms with Crippen LogP contribution >= 0.6 is 0 Å². The first-order chi connectivity index (χ1) is 15.5. The van der Waals surface area contributed by atoms with Crippen LogP contribution in [0.1, 0.15) is 35.2 Å². The van der Waals surface area contributed by atoms with E-state index in [1.807, 2.05) is 48.9 Å². The average Bonchev–Trinajstić information content (AvgIpc) is 3.23. The van der Waals surface area contributed by atoms with Crippen molar-refractivity contribution in [3.05, 3.63) is 94.9 Å². The van der Waals surface area contributed by atoms with Crippen molar-refractivity contribution in [2.24, 2.45) is 11.1 Å². The Hall–Kier alpha value is -3.43. The van der Waals surface area contributed by atoms with Crippen LogP contribution < -0.4 is 5.73 Å². The maximum absolute atomic E-state index is 12.5. The molecule has 0 bridgehead atoms. The molecule has 0 aliphatic carbocycles. The second-order valence-electron chi connectivity index (χ2n) is 8.82. The van der Waals surface area contributed by atoms with Gasteiger partial charge in [-0.25, -0.2) is 9.83 Å². The minimum atomic E-state index is -0.479. The second-order valence-corrected chi connectivity index (χ2v) is 8.82. The molecule has 2 heterocycles. The van der Waals surface area contributed by atoms with E-state index in [4.69, 9.17) is 12.3 Å². The summed E-state index contributed by atoms with van der Waals surface area (Å²) in [5.74, 6) is -0.187. The Labute approximate surface area is 189 Å². The molecule has 164 valence electrons. The summed E-state index contributed by atoms with van der Waals surface area (Å²) in [7, 11) is 0. The van der Waals surface area contributed by atoms with Gasteiger partial charge in [-0.2, -0.15) is 0 Å². The van der Waals surface area contributed by atoms with Gasteiger partial charge in [-0.1, -0.05) is 48.5 Å². The normalized spacial score (nSPS) is 15.9. The van der Waals surface area contributed by atoms with Crippen LogP contribution in [0.2, 0.25) is 0 Å². The van der Waals surface area contributed by atoms with Crippen LogP contribution in [0.4, 0.5) is 5.69 Å². The van der Waals surface area contributed by atoms with Crippen LogP contribution in [0.25, 0.3) is 4.85 Å². The summed E-state index contributed by atoms with van der Waals surface area (Å²) >= 11 is 0. The van der Waals surface area contributed by atoms with Crippen LogP contribution in [0, 0.1) is 18.9 Å². The molecule has 1 aliphatic heterocycles. The summed E-state index contributed by atoms with van der Waals surface area (Å²) in [5.41, 5.74) is 10.8. The van der Waals surface area contributed by atoms with Gasteiger partial charge in [-0.3, -0.25) is 9.69 Å². The van der Waals surface area contributed by atoms with Gasteiger partial charge in [-0.05, 0) is 56.0 Å². The summed E-state index contributed by atoms with van der Waals surface area (Å²) in [5, 5.41) is 0. The zero-order valence-corrected chi connectivity index (χ0v) is 18.5. The van der Waals surface area contributed by atoms with Crippen molar-refractivity contribution < 1.29 is 4.79 Å². The van der Waals surface area contributed by atoms with Crippen LogP contribution in [0.3, 0.4) is 0 Å². The van der Waals surface area contributed by atoms with E-state index in [9.17, 15) is 4.79 Å². The number of likely N-dealkylation sites (tertiary alicyclic amines) is 1. The lowest BCUT2D eigenvalue weighted by Gasteiger charge is -2.40. The highest BCUT2D eigenvalue weighted by atomic mass is 16.1. The number of carbonyl (C=O) groups is 1. The minimum absolute atomic E-state index is 0.187. The molecule has 32 heavy (non-hydrogen) atoms. The van der Waals surface area contributed by atoms with E-state index >= 15 is 0 Å². The number of imidazole rings is 1. The third kappa shape index (κ3) is 4.74. The van der Waals surface area contributed by atoms with Crippen LogP contribution in [-0.2, 0) is 24.3 Å². The fraction of sp³-hybridized carbons (Fsp3) is 0.346. The smallest absolute Gasteiger partial charge is 0.224 e. The van der Waals surface area contributed by atoms with Crippen molar-refractivity contribution >= 4 is 11.6 Å². The predicted octanol–water partition coefficient (Wildman–Crippen LogP) is 4.10. The van der Waals surface area contributed by atoms with Crippen LogP contribution in [0.5, 0.6) is 0 Å². The molecule has 4 rings (SSSR count). The number of hydrogen-bond donors (Lipinski definition) is 1. The highest BCUT2D eigenvalue weighted by molar-refractivity contribution is 5.81. The van der Waals surface area contributed by atoms with E-state index in [0.717, 1.165) is 50.3 Å². The molecule has 0 atom stereocenters. The Morgan fingerprint density at radius 3 is 2.50 bits per heavy atom. The lowest BCUT2D eigenvalue weighted by Crippen LogP contribution is -2.48. The van der Waals surface area contributed by atoms with Crippen molar-refractivity contribution in [1.29, 1.82) is 0 Å². The fourth-order valence-electron chi connectivity index (χ4n) is 4.55. The summed E-state index contributed by atoms with van der Waals surface area (Å²) in [6.45, 7) is 12.4. The van der Waals surface area contributed by atoms with Crippen molar-refractivity contribution in [1.82, 2.24) is 14.5 Å². The molecule has 1 saturated heterocycles. The van der Waals surface area contributed by atoms with Crippen molar-refractivity contribution in [2.45, 2.75) is 39.3 Å². The van der Waals surface area contributed by atoms with Gasteiger partial charge in [0.05, 0.1) is 24.0 Å². The first kappa shape index (κ1) is 21.8. The monoisotopic (exact) mass is 427 g/mol. The second kappa shape index (κ2) is 9.37. The fourth-order valence-corrected chi connectivity index (χ4v) is 4.55. The predicted molar refractivity (Wildman–Crippen MR) is 125 cm³/mol. The molecule has 1 aromatic heterocycles. The lowest BCUT2D eigenvalue weighted by atomic mass is 9.72. The van der Waals surface area contributed by atoms with E-state index < -0.39 is 5.41 Å². The molecule has 1 fully saturated rings. The molecular weight excluding hydrogens is 398 g/mol. The topological polar surface area (TPSA) is 68.5 Å². The number of rotatable bonds is 7. The number of aromatic nitrogens is 2. The molecule has 0 saturated carbocycles. The molecule has 3 aromatic rings. The van der Waals surface area contributed by atoms with Gasteiger partial charge in [0.2, 0.25) is 5.91 Å². The lowest BCUT2D eigenvalue weighted by molar-refractivity contribution is -0.130. The number of benzene rings is 2. The SMILES string of the molecule is [C-]#[N+]c1ccc(Cn2cncc2CN2CCC(Cc3ccccc3C)(C(N)=O)CC2)cc1. The number of carbonyl (C=O) groups excluding carboxylic acids is 1. The molecule has 2 aromatic carbocycles. The Bertz CT molecular complexity index is 1120. The van der Waals surface area contributed by atoms with Crippen molar-refractivity contribution in [3.63, 3.8) is 0 Å². The van der Waals surface area contributed by atoms with Crippen LogP contribution in [-0.4, -0.2) is 33.4 Å². The first-order valence-electron chi connectivity index (χ1n) is 11.0. The molecule has 1 aliphatic rings. The highest BCUT2D eigenvalue weighted by Gasteiger charge is 2.40. The molecule has 1 amide bonds. The van der Waals surface area contributed by atoms with Gasteiger partial charge in [0.15, 0.2) is 5.69 Å². The highest BCUT2D eigenvalue weighted by Crippen LogP contribution is 2.36. The van der Waals surface area contributed by atoms with Crippen molar-refractivity contribution in [3.8, 4) is 0 Å². The van der Waals surface area contributed by atoms with Gasteiger partial charge in [0, 0.05) is 19.3 Å². The summed E-state index contributed by atoms with van der Waals surface area (Å²) in [6, 6.07) is 15.9. The summed E-state index contributed by atoms with van der Waals surface area (Å²) in [4.78, 5) is 22.7. The third-order valence-electron chi connectivity index (χ3n) is 6.73. The van der Waals surface area contributed by atoms with Gasteiger partial charge in [0.1, 0.15) is 0 Å². The molecule has 2 N–H and O–H groups in total. The number of hydrogen-bond acceptors (Lipinski definition) is 3. The Morgan fingerprint density at radius 2 is 1.84 bits per heavy atom. The van der Waals surface area contributed by atoms with Crippen molar-refractivity contribution in [2.75, 3.05) is 13.1 Å². The molecule has 6 nitrogen and oxygen atoms in total. The summed E-state index contributed by atoms with van der Waals surface area (Å²) in [6.07, 6.45) is 6.01. The van der Waals surface area contributed by atoms with Gasteiger partial charge in [-0.15, -0.1) is 0 Å². The number of nitrogens with two attached hydrogens (primary N) is 1. The standard InChI is InChI=1S/C26H29N5O/c1-20-5-3-4-6-22(20)15-26(25(27)32)11-13-30(14-12-26)18-24-16-29-19-31(24)17-21-7-9-23(28-2)10-8-21/h3-10,16,19H,11-15,17-18H2,1H3,(H2,27,32). The molecule has 0 unspecified atom stereocenters. The number of piperidine rings is 1. The quantitative estimate of drug-likeness (QED) is 0.577. The van der Waals surface area contributed by atoms with Gasteiger partial charge in [0.25, 0.3) is 0 Å². The number of aryl methyl sites for hydroxylation is 1. The van der Waals surface area contributed by atoms with E-state index in [-0.39, 0.29) is 5.91 Å². The molecule has 6 heteroatoms. The number of primary amides is 1.